The molecule has 0 amide bonds. The van der Waals surface area contributed by atoms with Crippen LogP contribution in [0.15, 0.2) is 41.8 Å². The van der Waals surface area contributed by atoms with E-state index < -0.39 is 0 Å². The van der Waals surface area contributed by atoms with Gasteiger partial charge >= 0.3 is 0 Å². The van der Waals surface area contributed by atoms with Gasteiger partial charge in [0, 0.05) is 10.9 Å². The fourth-order valence-electron chi connectivity index (χ4n) is 1.89. The van der Waals surface area contributed by atoms with Gasteiger partial charge in [-0.2, -0.15) is 0 Å². The normalized spacial score (nSPS) is 10.8. The SMILES string of the molecule is O=C(c1cccs1)c1c(O)[nH]c2ccccc12. The predicted molar refractivity (Wildman–Crippen MR) is 67.7 cm³/mol. The third kappa shape index (κ3) is 1.54. The molecule has 0 bridgehead atoms. The van der Waals surface area contributed by atoms with Gasteiger partial charge in [-0.25, -0.2) is 0 Å². The molecule has 0 aliphatic carbocycles. The number of benzene rings is 1. The Balaban J connectivity index is 2.24. The molecule has 0 unspecified atom stereocenters. The third-order valence-corrected chi connectivity index (χ3v) is 3.53. The summed E-state index contributed by atoms with van der Waals surface area (Å²) in [6.45, 7) is 0. The van der Waals surface area contributed by atoms with E-state index in [9.17, 15) is 9.90 Å². The molecular weight excluding hydrogens is 234 g/mol. The second-order valence-electron chi connectivity index (χ2n) is 3.70. The second kappa shape index (κ2) is 3.75. The zero-order chi connectivity index (χ0) is 11.8. The van der Waals surface area contributed by atoms with Gasteiger partial charge in [-0.1, -0.05) is 24.3 Å². The molecule has 0 aliphatic rings. The zero-order valence-electron chi connectivity index (χ0n) is 8.81. The third-order valence-electron chi connectivity index (χ3n) is 2.66. The standard InChI is InChI=1S/C13H9NO2S/c15-12(10-6-3-7-17-10)11-8-4-1-2-5-9(8)14-13(11)16/h1-7,14,16H. The molecule has 0 aliphatic heterocycles. The van der Waals surface area contributed by atoms with Crippen LogP contribution in [0.5, 0.6) is 5.88 Å². The molecule has 84 valence electrons. The quantitative estimate of drug-likeness (QED) is 0.679. The highest BCUT2D eigenvalue weighted by molar-refractivity contribution is 7.12. The van der Waals surface area contributed by atoms with Gasteiger partial charge in [0.05, 0.1) is 10.4 Å². The maximum atomic E-state index is 12.2. The van der Waals surface area contributed by atoms with E-state index in [0.717, 1.165) is 10.9 Å². The number of carbonyl (C=O) groups excluding carboxylic acids is 1. The van der Waals surface area contributed by atoms with Crippen LogP contribution in [0, 0.1) is 0 Å². The van der Waals surface area contributed by atoms with Gasteiger partial charge in [0.25, 0.3) is 0 Å². The summed E-state index contributed by atoms with van der Waals surface area (Å²) in [7, 11) is 0. The van der Waals surface area contributed by atoms with Crippen LogP contribution < -0.4 is 0 Å². The highest BCUT2D eigenvalue weighted by atomic mass is 32.1. The number of ketones is 1. The summed E-state index contributed by atoms with van der Waals surface area (Å²) in [5.74, 6) is -0.209. The van der Waals surface area contributed by atoms with E-state index in [4.69, 9.17) is 0 Å². The van der Waals surface area contributed by atoms with E-state index in [2.05, 4.69) is 4.98 Å². The molecule has 2 N–H and O–H groups in total. The Bertz CT molecular complexity index is 683. The number of nitrogens with one attached hydrogen (secondary N) is 1. The number of aromatic hydroxyl groups is 1. The number of hydrogen-bond acceptors (Lipinski definition) is 3. The zero-order valence-corrected chi connectivity index (χ0v) is 9.62. The van der Waals surface area contributed by atoms with E-state index in [1.54, 1.807) is 6.07 Å². The number of fused-ring (bicyclic) bond motifs is 1. The van der Waals surface area contributed by atoms with Crippen molar-refractivity contribution in [2.24, 2.45) is 0 Å². The minimum absolute atomic E-state index is 0.0652. The summed E-state index contributed by atoms with van der Waals surface area (Å²) in [4.78, 5) is 15.7. The van der Waals surface area contributed by atoms with Crippen LogP contribution in [-0.4, -0.2) is 15.9 Å². The van der Waals surface area contributed by atoms with Crippen LogP contribution in [0.1, 0.15) is 15.2 Å². The molecule has 3 rings (SSSR count). The van der Waals surface area contributed by atoms with E-state index in [1.807, 2.05) is 35.7 Å². The first-order valence-corrected chi connectivity index (χ1v) is 6.03. The fourth-order valence-corrected chi connectivity index (χ4v) is 2.56. The van der Waals surface area contributed by atoms with E-state index in [-0.39, 0.29) is 11.7 Å². The molecule has 1 aromatic carbocycles. The Morgan fingerprint density at radius 3 is 2.76 bits per heavy atom. The number of H-pyrrole nitrogens is 1. The van der Waals surface area contributed by atoms with Crippen molar-refractivity contribution >= 4 is 28.0 Å². The summed E-state index contributed by atoms with van der Waals surface area (Å²) >= 11 is 1.37. The maximum absolute atomic E-state index is 12.2. The largest absolute Gasteiger partial charge is 0.494 e. The van der Waals surface area contributed by atoms with Crippen LogP contribution in [-0.2, 0) is 0 Å². The lowest BCUT2D eigenvalue weighted by Gasteiger charge is -1.96. The number of carbonyl (C=O) groups is 1. The Kier molecular flexibility index (Phi) is 2.23. The Morgan fingerprint density at radius 2 is 2.00 bits per heavy atom. The van der Waals surface area contributed by atoms with Crippen LogP contribution in [0.2, 0.25) is 0 Å². The molecule has 0 saturated heterocycles. The summed E-state index contributed by atoms with van der Waals surface area (Å²) in [6.07, 6.45) is 0. The van der Waals surface area contributed by atoms with E-state index in [1.165, 1.54) is 11.3 Å². The van der Waals surface area contributed by atoms with Crippen molar-refractivity contribution in [3.63, 3.8) is 0 Å². The molecule has 0 fully saturated rings. The monoisotopic (exact) mass is 243 g/mol. The van der Waals surface area contributed by atoms with E-state index >= 15 is 0 Å². The topological polar surface area (TPSA) is 53.1 Å². The van der Waals surface area contributed by atoms with Gasteiger partial charge in [-0.15, -0.1) is 11.3 Å². The lowest BCUT2D eigenvalue weighted by atomic mass is 10.1. The minimum atomic E-state index is -0.144. The Labute approximate surface area is 101 Å². The summed E-state index contributed by atoms with van der Waals surface area (Å²) in [5, 5.41) is 12.4. The number of para-hydroxylation sites is 1. The van der Waals surface area contributed by atoms with Crippen molar-refractivity contribution in [1.82, 2.24) is 4.98 Å². The number of aromatic nitrogens is 1. The smallest absolute Gasteiger partial charge is 0.208 e. The van der Waals surface area contributed by atoms with Crippen LogP contribution in [0.25, 0.3) is 10.9 Å². The maximum Gasteiger partial charge on any atom is 0.208 e. The van der Waals surface area contributed by atoms with Gasteiger partial charge in [0.2, 0.25) is 11.7 Å². The minimum Gasteiger partial charge on any atom is -0.494 e. The molecule has 3 nitrogen and oxygen atoms in total. The number of hydrogen-bond donors (Lipinski definition) is 2. The fraction of sp³-hybridized carbons (Fsp3) is 0. The van der Waals surface area contributed by atoms with E-state index in [0.29, 0.717) is 10.4 Å². The second-order valence-corrected chi connectivity index (χ2v) is 4.65. The van der Waals surface area contributed by atoms with Gasteiger partial charge < -0.3 is 10.1 Å². The predicted octanol–water partition coefficient (Wildman–Crippen LogP) is 3.17. The number of rotatable bonds is 2. The highest BCUT2D eigenvalue weighted by Gasteiger charge is 2.19. The van der Waals surface area contributed by atoms with Crippen molar-refractivity contribution in [3.8, 4) is 5.88 Å². The summed E-state index contributed by atoms with van der Waals surface area (Å²) in [6, 6.07) is 10.9. The summed E-state index contributed by atoms with van der Waals surface area (Å²) < 4.78 is 0. The first kappa shape index (κ1) is 10.1. The van der Waals surface area contributed by atoms with Gasteiger partial charge in [0.15, 0.2) is 0 Å². The lowest BCUT2D eigenvalue weighted by Crippen LogP contribution is -1.97. The van der Waals surface area contributed by atoms with Gasteiger partial charge in [0.1, 0.15) is 0 Å². The molecule has 0 radical (unpaired) electrons. The molecule has 3 aromatic rings. The summed E-state index contributed by atoms with van der Waals surface area (Å²) in [5.41, 5.74) is 1.12. The van der Waals surface area contributed by atoms with Crippen LogP contribution >= 0.6 is 11.3 Å². The molecule has 0 spiro atoms. The number of aromatic amines is 1. The average molecular weight is 243 g/mol. The van der Waals surface area contributed by atoms with Gasteiger partial charge in [-0.3, -0.25) is 4.79 Å². The van der Waals surface area contributed by atoms with Crippen molar-refractivity contribution < 1.29 is 9.90 Å². The van der Waals surface area contributed by atoms with Gasteiger partial charge in [-0.05, 0) is 17.5 Å². The molecule has 0 atom stereocenters. The average Bonchev–Trinajstić information content (AvgIpc) is 2.94. The van der Waals surface area contributed by atoms with Crippen molar-refractivity contribution in [2.45, 2.75) is 0 Å². The first-order valence-electron chi connectivity index (χ1n) is 5.15. The van der Waals surface area contributed by atoms with Crippen LogP contribution in [0.3, 0.4) is 0 Å². The highest BCUT2D eigenvalue weighted by Crippen LogP contribution is 2.30. The van der Waals surface area contributed by atoms with Crippen LogP contribution in [0.4, 0.5) is 0 Å². The molecule has 0 saturated carbocycles. The molecule has 2 heterocycles. The lowest BCUT2D eigenvalue weighted by molar-refractivity contribution is 0.104. The Morgan fingerprint density at radius 1 is 1.18 bits per heavy atom. The molecular formula is C13H9NO2S. The number of thiophene rings is 1. The van der Waals surface area contributed by atoms with Crippen molar-refractivity contribution in [3.05, 3.63) is 52.2 Å². The molecule has 17 heavy (non-hydrogen) atoms. The van der Waals surface area contributed by atoms with Crippen molar-refractivity contribution in [1.29, 1.82) is 0 Å². The van der Waals surface area contributed by atoms with Crippen molar-refractivity contribution in [2.75, 3.05) is 0 Å². The first-order chi connectivity index (χ1) is 8.27. The molecule has 2 aromatic heterocycles. The Hall–Kier alpha value is -2.07. The molecule has 4 heteroatoms.